The lowest BCUT2D eigenvalue weighted by molar-refractivity contribution is -0.000130. The van der Waals surface area contributed by atoms with Crippen LogP contribution in [0.3, 0.4) is 0 Å². The highest BCUT2D eigenvalue weighted by Crippen LogP contribution is 2.25. The van der Waals surface area contributed by atoms with E-state index < -0.39 is 5.60 Å². The van der Waals surface area contributed by atoms with Gasteiger partial charge in [-0.1, -0.05) is 0 Å². The number of hydrogen-bond acceptors (Lipinski definition) is 6. The molecule has 0 saturated carbocycles. The van der Waals surface area contributed by atoms with E-state index in [0.29, 0.717) is 25.1 Å². The van der Waals surface area contributed by atoms with Crippen LogP contribution in [0.1, 0.15) is 23.2 Å². The highest BCUT2D eigenvalue weighted by molar-refractivity contribution is 7.08. The maximum absolute atomic E-state index is 12.4. The summed E-state index contributed by atoms with van der Waals surface area (Å²) in [5.74, 6) is 0.703. The summed E-state index contributed by atoms with van der Waals surface area (Å²) in [6.45, 7) is 1.59. The molecule has 2 aromatic heterocycles. The Labute approximate surface area is 139 Å². The van der Waals surface area contributed by atoms with Crippen LogP contribution in [0.4, 0.5) is 5.82 Å². The topological polar surface area (TPSA) is 69.6 Å². The molecule has 1 aliphatic rings. The number of aromatic nitrogens is 2. The average Bonchev–Trinajstić information content (AvgIpc) is 3.09. The summed E-state index contributed by atoms with van der Waals surface area (Å²) in [5.41, 5.74) is -0.265. The third-order valence-corrected chi connectivity index (χ3v) is 4.76. The van der Waals surface area contributed by atoms with Crippen LogP contribution < -0.4 is 4.90 Å². The van der Waals surface area contributed by atoms with Crippen LogP contribution in [0.25, 0.3) is 0 Å². The first-order chi connectivity index (χ1) is 11.1. The number of rotatable bonds is 4. The number of aliphatic hydroxyl groups is 1. The van der Waals surface area contributed by atoms with E-state index in [1.165, 1.54) is 11.3 Å². The van der Waals surface area contributed by atoms with Crippen molar-refractivity contribution >= 4 is 23.1 Å². The fourth-order valence-electron chi connectivity index (χ4n) is 3.01. The number of nitrogens with zero attached hydrogens (tertiary/aromatic N) is 4. The SMILES string of the molecule is CN(C[C@]1(O)CCCN(c2cnccn2)C1)C(=O)c1ccsc1. The van der Waals surface area contributed by atoms with E-state index in [1.54, 1.807) is 36.6 Å². The first-order valence-electron chi connectivity index (χ1n) is 7.58. The van der Waals surface area contributed by atoms with Gasteiger partial charge in [-0.2, -0.15) is 11.3 Å². The minimum atomic E-state index is -0.934. The molecular formula is C16H20N4O2S. The molecule has 1 fully saturated rings. The van der Waals surface area contributed by atoms with Gasteiger partial charge < -0.3 is 14.9 Å². The van der Waals surface area contributed by atoms with Crippen molar-refractivity contribution in [2.45, 2.75) is 18.4 Å². The summed E-state index contributed by atoms with van der Waals surface area (Å²) < 4.78 is 0. The number of anilines is 1. The summed E-state index contributed by atoms with van der Waals surface area (Å²) in [4.78, 5) is 24.4. The lowest BCUT2D eigenvalue weighted by Crippen LogP contribution is -2.54. The van der Waals surface area contributed by atoms with Gasteiger partial charge in [0.2, 0.25) is 0 Å². The summed E-state index contributed by atoms with van der Waals surface area (Å²) >= 11 is 1.49. The Bertz CT molecular complexity index is 649. The largest absolute Gasteiger partial charge is 0.386 e. The molecule has 0 unspecified atom stereocenters. The molecular weight excluding hydrogens is 312 g/mol. The predicted octanol–water partition coefficient (Wildman–Crippen LogP) is 1.64. The van der Waals surface area contributed by atoms with E-state index in [-0.39, 0.29) is 5.91 Å². The molecule has 1 atom stereocenters. The quantitative estimate of drug-likeness (QED) is 0.922. The van der Waals surface area contributed by atoms with Crippen molar-refractivity contribution in [2.75, 3.05) is 31.6 Å². The van der Waals surface area contributed by atoms with Crippen molar-refractivity contribution in [1.82, 2.24) is 14.9 Å². The number of carbonyl (C=O) groups excluding carboxylic acids is 1. The molecule has 1 aliphatic heterocycles. The Morgan fingerprint density at radius 2 is 2.39 bits per heavy atom. The van der Waals surface area contributed by atoms with E-state index >= 15 is 0 Å². The van der Waals surface area contributed by atoms with Crippen LogP contribution in [0.5, 0.6) is 0 Å². The fourth-order valence-corrected chi connectivity index (χ4v) is 3.64. The van der Waals surface area contributed by atoms with Gasteiger partial charge >= 0.3 is 0 Å². The van der Waals surface area contributed by atoms with E-state index in [0.717, 1.165) is 18.8 Å². The number of likely N-dealkylation sites (N-methyl/N-ethyl adjacent to an activating group) is 1. The Hall–Kier alpha value is -1.99. The third kappa shape index (κ3) is 3.68. The molecule has 3 heterocycles. The van der Waals surface area contributed by atoms with Crippen LogP contribution in [0.15, 0.2) is 35.4 Å². The zero-order chi connectivity index (χ0) is 16.3. The van der Waals surface area contributed by atoms with Gasteiger partial charge in [0.1, 0.15) is 5.82 Å². The zero-order valence-electron chi connectivity index (χ0n) is 13.1. The molecule has 0 aliphatic carbocycles. The second kappa shape index (κ2) is 6.64. The molecule has 6 nitrogen and oxygen atoms in total. The van der Waals surface area contributed by atoms with Crippen molar-refractivity contribution < 1.29 is 9.90 Å². The predicted molar refractivity (Wildman–Crippen MR) is 89.7 cm³/mol. The normalized spacial score (nSPS) is 21.2. The molecule has 0 radical (unpaired) electrons. The van der Waals surface area contributed by atoms with E-state index in [1.807, 2.05) is 15.7 Å². The minimum Gasteiger partial charge on any atom is -0.386 e. The van der Waals surface area contributed by atoms with Crippen LogP contribution in [-0.4, -0.2) is 58.2 Å². The van der Waals surface area contributed by atoms with E-state index in [4.69, 9.17) is 0 Å². The molecule has 0 bridgehead atoms. The number of piperidine rings is 1. The molecule has 1 N–H and O–H groups in total. The Morgan fingerprint density at radius 3 is 3.09 bits per heavy atom. The number of hydrogen-bond donors (Lipinski definition) is 1. The van der Waals surface area contributed by atoms with Crippen LogP contribution in [0, 0.1) is 0 Å². The second-order valence-corrected chi connectivity index (χ2v) is 6.77. The van der Waals surface area contributed by atoms with Crippen LogP contribution >= 0.6 is 11.3 Å². The maximum Gasteiger partial charge on any atom is 0.254 e. The number of carbonyl (C=O) groups is 1. The van der Waals surface area contributed by atoms with Gasteiger partial charge in [-0.3, -0.25) is 9.78 Å². The first kappa shape index (κ1) is 15.9. The summed E-state index contributed by atoms with van der Waals surface area (Å²) in [6.07, 6.45) is 6.51. The lowest BCUT2D eigenvalue weighted by Gasteiger charge is -2.41. The van der Waals surface area contributed by atoms with Crippen molar-refractivity contribution in [3.63, 3.8) is 0 Å². The van der Waals surface area contributed by atoms with Gasteiger partial charge in [0.05, 0.1) is 23.9 Å². The summed E-state index contributed by atoms with van der Waals surface area (Å²) in [7, 11) is 1.74. The molecule has 122 valence electrons. The number of β-amino-alcohol motifs (C(OH)–C–C–N with tert-alkyl or cyclic N) is 1. The van der Waals surface area contributed by atoms with Gasteiger partial charge in [0, 0.05) is 37.9 Å². The molecule has 0 spiro atoms. The van der Waals surface area contributed by atoms with Crippen molar-refractivity contribution in [1.29, 1.82) is 0 Å². The molecule has 2 aromatic rings. The van der Waals surface area contributed by atoms with E-state index in [9.17, 15) is 9.90 Å². The highest BCUT2D eigenvalue weighted by atomic mass is 32.1. The van der Waals surface area contributed by atoms with Gasteiger partial charge in [-0.05, 0) is 24.3 Å². The monoisotopic (exact) mass is 332 g/mol. The van der Waals surface area contributed by atoms with Crippen molar-refractivity contribution in [3.05, 3.63) is 41.0 Å². The van der Waals surface area contributed by atoms with Gasteiger partial charge in [0.15, 0.2) is 0 Å². The molecule has 7 heteroatoms. The van der Waals surface area contributed by atoms with Gasteiger partial charge in [-0.15, -0.1) is 0 Å². The Morgan fingerprint density at radius 1 is 1.52 bits per heavy atom. The summed E-state index contributed by atoms with van der Waals surface area (Å²) in [6, 6.07) is 1.81. The van der Waals surface area contributed by atoms with Crippen LogP contribution in [0.2, 0.25) is 0 Å². The number of thiophene rings is 1. The zero-order valence-corrected chi connectivity index (χ0v) is 13.9. The third-order valence-electron chi connectivity index (χ3n) is 4.08. The highest BCUT2D eigenvalue weighted by Gasteiger charge is 2.36. The average molecular weight is 332 g/mol. The Kier molecular flexibility index (Phi) is 4.58. The van der Waals surface area contributed by atoms with Crippen molar-refractivity contribution in [2.24, 2.45) is 0 Å². The molecule has 1 amide bonds. The lowest BCUT2D eigenvalue weighted by atomic mass is 9.92. The summed E-state index contributed by atoms with van der Waals surface area (Å²) in [5, 5.41) is 14.6. The maximum atomic E-state index is 12.4. The minimum absolute atomic E-state index is 0.0590. The first-order valence-corrected chi connectivity index (χ1v) is 8.53. The van der Waals surface area contributed by atoms with Crippen molar-refractivity contribution in [3.8, 4) is 0 Å². The standard InChI is InChI=1S/C16H20N4O2S/c1-19(15(21)13-3-8-23-10-13)11-16(22)4-2-7-20(12-16)14-9-17-5-6-18-14/h3,5-6,8-10,22H,2,4,7,11-12H2,1H3/t16-/m1/s1. The van der Waals surface area contributed by atoms with Crippen LogP contribution in [-0.2, 0) is 0 Å². The molecule has 23 heavy (non-hydrogen) atoms. The van der Waals surface area contributed by atoms with E-state index in [2.05, 4.69) is 9.97 Å². The second-order valence-electron chi connectivity index (χ2n) is 5.99. The molecule has 0 aromatic carbocycles. The fraction of sp³-hybridized carbons (Fsp3) is 0.438. The molecule has 3 rings (SSSR count). The van der Waals surface area contributed by atoms with Gasteiger partial charge in [-0.25, -0.2) is 4.98 Å². The Balaban J connectivity index is 1.67. The van der Waals surface area contributed by atoms with Gasteiger partial charge in [0.25, 0.3) is 5.91 Å². The number of amides is 1. The smallest absolute Gasteiger partial charge is 0.254 e. The molecule has 1 saturated heterocycles.